The Balaban J connectivity index is 1.09. The number of hydrogen-bond donors (Lipinski definition) is 2. The first-order valence-electron chi connectivity index (χ1n) is 17.4. The molecule has 0 bridgehead atoms. The topological polar surface area (TPSA) is 119 Å². The van der Waals surface area contributed by atoms with Crippen molar-refractivity contribution < 1.29 is 28.6 Å². The Morgan fingerprint density at radius 3 is 2.40 bits per heavy atom. The number of carbonyl (C=O) groups excluding carboxylic acids is 2. The van der Waals surface area contributed by atoms with Crippen molar-refractivity contribution in [3.63, 3.8) is 0 Å². The smallest absolute Gasteiger partial charge is 0.264 e. The van der Waals surface area contributed by atoms with Crippen LogP contribution in [0.5, 0.6) is 5.75 Å². The van der Waals surface area contributed by atoms with Gasteiger partial charge in [0.05, 0.1) is 31.6 Å². The molecule has 2 amide bonds. The Morgan fingerprint density at radius 2 is 1.71 bits per heavy atom. The summed E-state index contributed by atoms with van der Waals surface area (Å²) in [6.07, 6.45) is 0.543. The van der Waals surface area contributed by atoms with Gasteiger partial charge in [-0.2, -0.15) is 0 Å². The fourth-order valence-corrected chi connectivity index (χ4v) is 7.86. The van der Waals surface area contributed by atoms with E-state index in [0.717, 1.165) is 16.8 Å². The normalized spacial score (nSPS) is 21.7. The number of halogens is 1. The Hall–Kier alpha value is -5.39. The molecule has 1 aromatic heterocycles. The van der Waals surface area contributed by atoms with Crippen molar-refractivity contribution in [3.05, 3.63) is 137 Å². The van der Waals surface area contributed by atoms with Gasteiger partial charge in [0.15, 0.2) is 5.60 Å². The van der Waals surface area contributed by atoms with Gasteiger partial charge in [-0.05, 0) is 73.9 Å². The highest BCUT2D eigenvalue weighted by atomic mass is 19.1. The van der Waals surface area contributed by atoms with Crippen LogP contribution in [0.4, 0.5) is 15.8 Å². The van der Waals surface area contributed by atoms with E-state index in [-0.39, 0.29) is 18.4 Å². The van der Waals surface area contributed by atoms with Gasteiger partial charge >= 0.3 is 0 Å². The molecule has 5 atom stereocenters. The Kier molecular flexibility index (Phi) is 9.41. The van der Waals surface area contributed by atoms with Crippen LogP contribution < -0.4 is 15.0 Å². The third-order valence-corrected chi connectivity index (χ3v) is 10.4. The van der Waals surface area contributed by atoms with Crippen LogP contribution in [-0.2, 0) is 28.2 Å². The summed E-state index contributed by atoms with van der Waals surface area (Å²) < 4.78 is 29.8. The van der Waals surface area contributed by atoms with Crippen molar-refractivity contribution in [1.29, 1.82) is 0 Å². The monoisotopic (exact) mass is 703 g/mol. The lowest BCUT2D eigenvalue weighted by atomic mass is 9.71. The number of aliphatic hydroxyl groups excluding tert-OH is 1. The van der Waals surface area contributed by atoms with E-state index >= 15 is 4.39 Å². The first-order chi connectivity index (χ1) is 25.0. The number of hydrogen-bond acceptors (Lipinski definition) is 7. The van der Waals surface area contributed by atoms with Crippen molar-refractivity contribution in [2.75, 3.05) is 17.3 Å². The predicted octanol–water partition coefficient (Wildman–Crippen LogP) is 6.85. The standard InChI is InChI=1S/C41H42FN5O5/c1-26-36(40(2,3)42)35(22-23-46-25-33(44-45-46)37(48)28-10-6-5-7-11-28)52-41(26)32-12-8-9-13-34(32)47(39(41)50)24-27-14-18-30(19-15-27)43-38(49)29-16-20-31(51-4)21-17-29/h5-21,25-26,35-37,48H,22-24H2,1-4H3,(H,43,49)/t26-,35+,36-,37-,41+/m1/s1. The molecule has 3 heterocycles. The molecule has 5 aromatic rings. The molecule has 2 aliphatic heterocycles. The van der Waals surface area contributed by atoms with Gasteiger partial charge in [0.2, 0.25) is 0 Å². The minimum Gasteiger partial charge on any atom is -0.497 e. The average Bonchev–Trinajstić information content (AvgIpc) is 3.82. The highest BCUT2D eigenvalue weighted by molar-refractivity contribution is 6.07. The number of benzene rings is 4. The summed E-state index contributed by atoms with van der Waals surface area (Å²) in [5, 5.41) is 22.1. The molecule has 268 valence electrons. The van der Waals surface area contributed by atoms with Crippen LogP contribution in [0.15, 0.2) is 109 Å². The summed E-state index contributed by atoms with van der Waals surface area (Å²) in [6, 6.07) is 31.0. The maximum absolute atomic E-state index is 16.2. The zero-order valence-corrected chi connectivity index (χ0v) is 29.6. The lowest BCUT2D eigenvalue weighted by Crippen LogP contribution is -2.45. The van der Waals surface area contributed by atoms with Crippen molar-refractivity contribution in [2.24, 2.45) is 11.8 Å². The average molecular weight is 704 g/mol. The van der Waals surface area contributed by atoms with Gasteiger partial charge in [0.25, 0.3) is 11.8 Å². The van der Waals surface area contributed by atoms with E-state index in [1.807, 2.05) is 73.7 Å². The molecule has 2 N–H and O–H groups in total. The van der Waals surface area contributed by atoms with Gasteiger partial charge in [-0.1, -0.05) is 72.8 Å². The predicted molar refractivity (Wildman–Crippen MR) is 195 cm³/mol. The molecule has 0 unspecified atom stereocenters. The third kappa shape index (κ3) is 6.46. The van der Waals surface area contributed by atoms with Crippen LogP contribution in [0.25, 0.3) is 0 Å². The highest BCUT2D eigenvalue weighted by Gasteiger charge is 2.66. The van der Waals surface area contributed by atoms with E-state index in [1.54, 1.807) is 73.1 Å². The summed E-state index contributed by atoms with van der Waals surface area (Å²) in [4.78, 5) is 29.2. The highest BCUT2D eigenvalue weighted by Crippen LogP contribution is 2.58. The van der Waals surface area contributed by atoms with Crippen molar-refractivity contribution in [1.82, 2.24) is 15.0 Å². The van der Waals surface area contributed by atoms with E-state index in [2.05, 4.69) is 15.6 Å². The molecule has 52 heavy (non-hydrogen) atoms. The van der Waals surface area contributed by atoms with E-state index in [1.165, 1.54) is 0 Å². The zero-order chi connectivity index (χ0) is 36.6. The number of aromatic nitrogens is 3. The van der Waals surface area contributed by atoms with E-state index in [0.29, 0.717) is 41.2 Å². The molecule has 1 saturated heterocycles. The fraction of sp³-hybridized carbons (Fsp3) is 0.317. The molecule has 1 spiro atoms. The number of nitrogens with zero attached hydrogens (tertiary/aromatic N) is 4. The second-order valence-corrected chi connectivity index (χ2v) is 14.1. The molecule has 10 nitrogen and oxygen atoms in total. The lowest BCUT2D eigenvalue weighted by Gasteiger charge is -2.32. The number of anilines is 2. The zero-order valence-electron chi connectivity index (χ0n) is 29.6. The number of para-hydroxylation sites is 1. The van der Waals surface area contributed by atoms with E-state index < -0.39 is 35.3 Å². The maximum Gasteiger partial charge on any atom is 0.264 e. The van der Waals surface area contributed by atoms with Crippen LogP contribution in [0.2, 0.25) is 0 Å². The summed E-state index contributed by atoms with van der Waals surface area (Å²) in [5.74, 6) is -0.904. The molecule has 0 aliphatic carbocycles. The fourth-order valence-electron chi connectivity index (χ4n) is 7.86. The quantitative estimate of drug-likeness (QED) is 0.155. The number of amides is 2. The van der Waals surface area contributed by atoms with Gasteiger partial charge in [-0.15, -0.1) is 5.10 Å². The number of ether oxygens (including phenoxy) is 2. The SMILES string of the molecule is COc1ccc(C(=O)Nc2ccc(CN3C(=O)[C@@]4(O[C@@H](CCn5cc([C@H](O)c6ccccc6)nn5)[C@H](C(C)(C)F)[C@H]4C)c4ccccc43)cc2)cc1. The van der Waals surface area contributed by atoms with Crippen LogP contribution >= 0.6 is 0 Å². The van der Waals surface area contributed by atoms with Crippen LogP contribution in [0.1, 0.15) is 66.0 Å². The number of aliphatic hydroxyl groups is 1. The van der Waals surface area contributed by atoms with Gasteiger partial charge in [0.1, 0.15) is 23.2 Å². The van der Waals surface area contributed by atoms with Crippen molar-refractivity contribution in [2.45, 2.75) is 63.8 Å². The van der Waals surface area contributed by atoms with Gasteiger partial charge in [-0.25, -0.2) is 4.39 Å². The Bertz CT molecular complexity index is 2050. The molecule has 2 aliphatic rings. The third-order valence-electron chi connectivity index (χ3n) is 10.4. The molecule has 0 radical (unpaired) electrons. The Labute approximate surface area is 302 Å². The molecule has 0 saturated carbocycles. The van der Waals surface area contributed by atoms with Gasteiger partial charge in [0, 0.05) is 35.2 Å². The second kappa shape index (κ2) is 14.0. The molecule has 11 heteroatoms. The largest absolute Gasteiger partial charge is 0.497 e. The minimum absolute atomic E-state index is 0.233. The van der Waals surface area contributed by atoms with E-state index in [4.69, 9.17) is 9.47 Å². The number of nitrogens with one attached hydrogen (secondary N) is 1. The molecule has 1 fully saturated rings. The Morgan fingerprint density at radius 1 is 1.02 bits per heavy atom. The number of aryl methyl sites for hydroxylation is 1. The van der Waals surface area contributed by atoms with Crippen molar-refractivity contribution >= 4 is 23.2 Å². The lowest BCUT2D eigenvalue weighted by molar-refractivity contribution is -0.146. The first-order valence-corrected chi connectivity index (χ1v) is 17.4. The summed E-state index contributed by atoms with van der Waals surface area (Å²) in [7, 11) is 1.57. The molecular formula is C41H42FN5O5. The summed E-state index contributed by atoms with van der Waals surface area (Å²) in [6.45, 7) is 5.63. The van der Waals surface area contributed by atoms with Gasteiger partial charge in [-0.3, -0.25) is 14.3 Å². The summed E-state index contributed by atoms with van der Waals surface area (Å²) >= 11 is 0. The molecule has 4 aromatic carbocycles. The molecular weight excluding hydrogens is 661 g/mol. The number of methoxy groups -OCH3 is 1. The first kappa shape index (κ1) is 35.0. The van der Waals surface area contributed by atoms with Crippen molar-refractivity contribution in [3.8, 4) is 5.75 Å². The summed E-state index contributed by atoms with van der Waals surface area (Å²) in [5.41, 5.74) is 1.51. The van der Waals surface area contributed by atoms with Crippen LogP contribution in [0, 0.1) is 11.8 Å². The minimum atomic E-state index is -1.65. The van der Waals surface area contributed by atoms with Gasteiger partial charge < -0.3 is 24.8 Å². The second-order valence-electron chi connectivity index (χ2n) is 14.1. The number of alkyl halides is 1. The van der Waals surface area contributed by atoms with Crippen LogP contribution in [0.3, 0.4) is 0 Å². The number of carbonyl (C=O) groups is 2. The van der Waals surface area contributed by atoms with E-state index in [9.17, 15) is 14.7 Å². The maximum atomic E-state index is 16.2. The number of rotatable bonds is 11. The number of fused-ring (bicyclic) bond motifs is 2. The van der Waals surface area contributed by atoms with Crippen LogP contribution in [-0.4, -0.2) is 50.8 Å². The molecule has 7 rings (SSSR count).